The monoisotopic (exact) mass is 347 g/mol. The molecular weight excluding hydrogens is 330 g/mol. The van der Waals surface area contributed by atoms with Crippen LogP contribution in [0.2, 0.25) is 0 Å². The molecule has 4 rings (SSSR count). The SMILES string of the molecule is COc1cc(-c2cnn3c(N(C)c4ccccn4)ccnc23)ccc1O. The van der Waals surface area contributed by atoms with Gasteiger partial charge in [0, 0.05) is 25.0 Å². The van der Waals surface area contributed by atoms with Gasteiger partial charge in [0.05, 0.1) is 13.3 Å². The summed E-state index contributed by atoms with van der Waals surface area (Å²) in [6.45, 7) is 0. The van der Waals surface area contributed by atoms with Crippen LogP contribution in [0.4, 0.5) is 11.6 Å². The van der Waals surface area contributed by atoms with Gasteiger partial charge < -0.3 is 14.7 Å². The van der Waals surface area contributed by atoms with Crippen LogP contribution in [0, 0.1) is 0 Å². The zero-order chi connectivity index (χ0) is 18.1. The van der Waals surface area contributed by atoms with Crippen molar-refractivity contribution in [1.29, 1.82) is 0 Å². The minimum atomic E-state index is 0.0938. The van der Waals surface area contributed by atoms with Crippen molar-refractivity contribution >= 4 is 17.3 Å². The summed E-state index contributed by atoms with van der Waals surface area (Å²) in [5.74, 6) is 2.15. The van der Waals surface area contributed by atoms with Crippen molar-refractivity contribution in [1.82, 2.24) is 19.6 Å². The molecule has 0 aliphatic heterocycles. The van der Waals surface area contributed by atoms with Crippen LogP contribution >= 0.6 is 0 Å². The molecule has 0 aliphatic carbocycles. The van der Waals surface area contributed by atoms with Crippen LogP contribution in [-0.2, 0) is 0 Å². The van der Waals surface area contributed by atoms with Gasteiger partial charge in [0.15, 0.2) is 17.1 Å². The number of fused-ring (bicyclic) bond motifs is 1. The quantitative estimate of drug-likeness (QED) is 0.611. The normalized spacial score (nSPS) is 10.8. The van der Waals surface area contributed by atoms with Crippen molar-refractivity contribution < 1.29 is 9.84 Å². The molecule has 4 aromatic rings. The largest absolute Gasteiger partial charge is 0.504 e. The lowest BCUT2D eigenvalue weighted by molar-refractivity contribution is 0.373. The molecule has 0 amide bonds. The molecule has 0 saturated carbocycles. The third-order valence-electron chi connectivity index (χ3n) is 4.21. The van der Waals surface area contributed by atoms with E-state index in [1.807, 2.05) is 42.3 Å². The van der Waals surface area contributed by atoms with E-state index in [1.54, 1.807) is 35.2 Å². The number of phenolic OH excluding ortho intramolecular Hbond substituents is 1. The lowest BCUT2D eigenvalue weighted by Crippen LogP contribution is -2.15. The van der Waals surface area contributed by atoms with E-state index in [1.165, 1.54) is 7.11 Å². The summed E-state index contributed by atoms with van der Waals surface area (Å²) in [4.78, 5) is 10.8. The predicted octanol–water partition coefficient (Wildman–Crippen LogP) is 3.27. The van der Waals surface area contributed by atoms with Gasteiger partial charge in [-0.2, -0.15) is 9.61 Å². The smallest absolute Gasteiger partial charge is 0.165 e. The van der Waals surface area contributed by atoms with Crippen LogP contribution in [0.25, 0.3) is 16.8 Å². The summed E-state index contributed by atoms with van der Waals surface area (Å²) in [7, 11) is 3.45. The molecule has 0 atom stereocenters. The number of anilines is 2. The zero-order valence-electron chi connectivity index (χ0n) is 14.4. The molecule has 26 heavy (non-hydrogen) atoms. The predicted molar refractivity (Wildman–Crippen MR) is 98.9 cm³/mol. The maximum absolute atomic E-state index is 9.81. The van der Waals surface area contributed by atoms with Crippen LogP contribution in [-0.4, -0.2) is 38.8 Å². The number of hydrogen-bond acceptors (Lipinski definition) is 6. The fourth-order valence-corrected chi connectivity index (χ4v) is 2.85. The maximum Gasteiger partial charge on any atom is 0.165 e. The van der Waals surface area contributed by atoms with Crippen molar-refractivity contribution in [3.8, 4) is 22.6 Å². The molecule has 7 heteroatoms. The van der Waals surface area contributed by atoms with E-state index in [-0.39, 0.29) is 5.75 Å². The molecule has 1 aromatic carbocycles. The van der Waals surface area contributed by atoms with E-state index in [2.05, 4.69) is 15.1 Å². The molecule has 0 aliphatic rings. The van der Waals surface area contributed by atoms with Gasteiger partial charge in [0.1, 0.15) is 11.6 Å². The van der Waals surface area contributed by atoms with Crippen LogP contribution in [0.1, 0.15) is 0 Å². The molecular formula is C19H17N5O2. The molecule has 0 bridgehead atoms. The second-order valence-electron chi connectivity index (χ2n) is 5.73. The summed E-state index contributed by atoms with van der Waals surface area (Å²) in [5, 5.41) is 14.3. The number of pyridine rings is 1. The van der Waals surface area contributed by atoms with Crippen LogP contribution in [0.15, 0.2) is 61.1 Å². The molecule has 0 fully saturated rings. The summed E-state index contributed by atoms with van der Waals surface area (Å²) in [6, 6.07) is 12.8. The zero-order valence-corrected chi connectivity index (χ0v) is 14.4. The first-order valence-corrected chi connectivity index (χ1v) is 8.04. The topological polar surface area (TPSA) is 75.8 Å². The number of hydrogen-bond donors (Lipinski definition) is 1. The van der Waals surface area contributed by atoms with Crippen LogP contribution in [0.3, 0.4) is 0 Å². The van der Waals surface area contributed by atoms with Gasteiger partial charge in [0.25, 0.3) is 0 Å². The Morgan fingerprint density at radius 2 is 1.96 bits per heavy atom. The second-order valence-corrected chi connectivity index (χ2v) is 5.73. The molecule has 0 unspecified atom stereocenters. The van der Waals surface area contributed by atoms with E-state index < -0.39 is 0 Å². The number of methoxy groups -OCH3 is 1. The molecule has 1 N–H and O–H groups in total. The molecule has 0 saturated heterocycles. The van der Waals surface area contributed by atoms with Crippen molar-refractivity contribution in [3.05, 3.63) is 61.1 Å². The Morgan fingerprint density at radius 1 is 1.08 bits per heavy atom. The molecule has 0 spiro atoms. The van der Waals surface area contributed by atoms with Crippen LogP contribution < -0.4 is 9.64 Å². The van der Waals surface area contributed by atoms with Crippen molar-refractivity contribution in [2.45, 2.75) is 0 Å². The Kier molecular flexibility index (Phi) is 3.89. The first-order valence-electron chi connectivity index (χ1n) is 8.04. The Labute approximate surface area is 150 Å². The number of aromatic hydroxyl groups is 1. The highest BCUT2D eigenvalue weighted by atomic mass is 16.5. The average molecular weight is 347 g/mol. The first-order chi connectivity index (χ1) is 12.7. The lowest BCUT2D eigenvalue weighted by Gasteiger charge is -2.18. The van der Waals surface area contributed by atoms with Crippen molar-refractivity contribution in [3.63, 3.8) is 0 Å². The van der Waals surface area contributed by atoms with Gasteiger partial charge in [-0.25, -0.2) is 9.97 Å². The Balaban J connectivity index is 1.83. The van der Waals surface area contributed by atoms with E-state index in [4.69, 9.17) is 4.74 Å². The Hall–Kier alpha value is -3.61. The van der Waals surface area contributed by atoms with E-state index in [9.17, 15) is 5.11 Å². The summed E-state index contributed by atoms with van der Waals surface area (Å²) in [6.07, 6.45) is 5.25. The van der Waals surface area contributed by atoms with Gasteiger partial charge in [-0.05, 0) is 35.9 Å². The van der Waals surface area contributed by atoms with Gasteiger partial charge in [-0.1, -0.05) is 12.1 Å². The molecule has 130 valence electrons. The van der Waals surface area contributed by atoms with Gasteiger partial charge in [-0.3, -0.25) is 0 Å². The van der Waals surface area contributed by atoms with Gasteiger partial charge >= 0.3 is 0 Å². The van der Waals surface area contributed by atoms with Gasteiger partial charge in [-0.15, -0.1) is 0 Å². The Bertz CT molecular complexity index is 1060. The minimum Gasteiger partial charge on any atom is -0.504 e. The second kappa shape index (κ2) is 6.36. The number of phenols is 1. The highest BCUT2D eigenvalue weighted by Gasteiger charge is 2.15. The summed E-state index contributed by atoms with van der Waals surface area (Å²) in [5.41, 5.74) is 2.41. The van der Waals surface area contributed by atoms with E-state index in [0.29, 0.717) is 11.4 Å². The number of rotatable bonds is 4. The average Bonchev–Trinajstić information content (AvgIpc) is 3.13. The third-order valence-corrected chi connectivity index (χ3v) is 4.21. The van der Waals surface area contributed by atoms with Crippen molar-refractivity contribution in [2.24, 2.45) is 0 Å². The van der Waals surface area contributed by atoms with E-state index >= 15 is 0 Å². The molecule has 0 radical (unpaired) electrons. The maximum atomic E-state index is 9.81. The number of benzene rings is 1. The molecule has 7 nitrogen and oxygen atoms in total. The third kappa shape index (κ3) is 2.59. The van der Waals surface area contributed by atoms with E-state index in [0.717, 1.165) is 22.8 Å². The van der Waals surface area contributed by atoms with Crippen LogP contribution in [0.5, 0.6) is 11.5 Å². The number of ether oxygens (including phenoxy) is 1. The highest BCUT2D eigenvalue weighted by molar-refractivity contribution is 5.79. The number of aromatic nitrogens is 4. The minimum absolute atomic E-state index is 0.0938. The highest BCUT2D eigenvalue weighted by Crippen LogP contribution is 2.33. The summed E-state index contributed by atoms with van der Waals surface area (Å²) < 4.78 is 6.97. The van der Waals surface area contributed by atoms with Crippen molar-refractivity contribution in [2.75, 3.05) is 19.1 Å². The molecule has 3 heterocycles. The molecule has 3 aromatic heterocycles. The lowest BCUT2D eigenvalue weighted by atomic mass is 10.1. The number of nitrogens with zero attached hydrogens (tertiary/aromatic N) is 5. The standard InChI is InChI=1S/C19H17N5O2/c1-23(17-5-3-4-9-20-17)18-8-10-21-19-14(12-22-24(18)19)13-6-7-15(25)16(11-13)26-2/h3-12,25H,1-2H3. The van der Waals surface area contributed by atoms with Gasteiger partial charge in [0.2, 0.25) is 0 Å². The Morgan fingerprint density at radius 3 is 2.73 bits per heavy atom. The fraction of sp³-hybridized carbons (Fsp3) is 0.105. The summed E-state index contributed by atoms with van der Waals surface area (Å²) >= 11 is 0. The first kappa shape index (κ1) is 15.9. The fourth-order valence-electron chi connectivity index (χ4n) is 2.85.